The molecule has 0 saturated heterocycles. The van der Waals surface area contributed by atoms with Gasteiger partial charge in [0, 0.05) is 24.4 Å². The maximum atomic E-state index is 15.0. The Morgan fingerprint density at radius 3 is 2.56 bits per heavy atom. The standard InChI is InChI=1S/C22H10F3N5O5S/c23-9-1-4-17(13(24)5-9)29-8-12(21(32)33)18(31)11-7-14(25)20(28-19(11)29)36-22-26-15-3-2-10(30(34)35)6-16(15)27-22/h1-8H,(H,26,27)(H,32,33). The fourth-order valence-electron chi connectivity index (χ4n) is 3.52. The molecule has 36 heavy (non-hydrogen) atoms. The van der Waals surface area contributed by atoms with E-state index in [1.807, 2.05) is 0 Å². The van der Waals surface area contributed by atoms with Gasteiger partial charge in [0.1, 0.15) is 27.9 Å². The number of nitro benzene ring substituents is 1. The van der Waals surface area contributed by atoms with E-state index in [1.165, 1.54) is 18.2 Å². The number of nitrogens with zero attached hydrogens (tertiary/aromatic N) is 4. The molecule has 0 aliphatic heterocycles. The summed E-state index contributed by atoms with van der Waals surface area (Å²) >= 11 is 0.688. The highest BCUT2D eigenvalue weighted by Gasteiger charge is 2.21. The molecule has 5 rings (SSSR count). The van der Waals surface area contributed by atoms with Crippen LogP contribution in [0.25, 0.3) is 27.8 Å². The van der Waals surface area contributed by atoms with Gasteiger partial charge in [-0.1, -0.05) is 0 Å². The lowest BCUT2D eigenvalue weighted by Gasteiger charge is -2.13. The topological polar surface area (TPSA) is 144 Å². The molecule has 14 heteroatoms. The first kappa shape index (κ1) is 23.0. The van der Waals surface area contributed by atoms with Crippen LogP contribution in [0.5, 0.6) is 0 Å². The van der Waals surface area contributed by atoms with E-state index in [1.54, 1.807) is 0 Å². The molecule has 0 atom stereocenters. The van der Waals surface area contributed by atoms with Gasteiger partial charge in [-0.15, -0.1) is 0 Å². The summed E-state index contributed by atoms with van der Waals surface area (Å²) in [6.45, 7) is 0. The van der Waals surface area contributed by atoms with Gasteiger partial charge in [0.25, 0.3) is 5.69 Å². The Morgan fingerprint density at radius 2 is 1.86 bits per heavy atom. The number of nitrogens with one attached hydrogen (secondary N) is 1. The van der Waals surface area contributed by atoms with Crippen molar-refractivity contribution < 1.29 is 28.0 Å². The first-order chi connectivity index (χ1) is 17.1. The quantitative estimate of drug-likeness (QED) is 0.259. The first-order valence-corrected chi connectivity index (χ1v) is 10.7. The Morgan fingerprint density at radius 1 is 1.08 bits per heavy atom. The molecule has 0 saturated carbocycles. The molecule has 0 unspecified atom stereocenters. The zero-order chi connectivity index (χ0) is 25.7. The van der Waals surface area contributed by atoms with Gasteiger partial charge < -0.3 is 10.1 Å². The van der Waals surface area contributed by atoms with Crippen LogP contribution in [0.3, 0.4) is 0 Å². The summed E-state index contributed by atoms with van der Waals surface area (Å²) in [6.07, 6.45) is 0.822. The molecule has 5 aromatic rings. The van der Waals surface area contributed by atoms with Gasteiger partial charge in [-0.05, 0) is 36.0 Å². The van der Waals surface area contributed by atoms with Crippen LogP contribution >= 0.6 is 11.8 Å². The van der Waals surface area contributed by atoms with Gasteiger partial charge in [0.15, 0.2) is 11.0 Å². The second-order valence-corrected chi connectivity index (χ2v) is 8.37. The fraction of sp³-hybridized carbons (Fsp3) is 0. The third kappa shape index (κ3) is 3.92. The van der Waals surface area contributed by atoms with Crippen molar-refractivity contribution in [3.05, 3.63) is 92.0 Å². The van der Waals surface area contributed by atoms with Gasteiger partial charge in [0.05, 0.1) is 27.0 Å². The second-order valence-electron chi connectivity index (χ2n) is 7.39. The number of carboxylic acid groups (broad SMARTS) is 1. The highest BCUT2D eigenvalue weighted by molar-refractivity contribution is 7.99. The number of hydrogen-bond donors (Lipinski definition) is 2. The molecule has 0 spiro atoms. The van der Waals surface area contributed by atoms with Crippen LogP contribution in [-0.2, 0) is 0 Å². The number of non-ortho nitro benzene ring substituents is 1. The monoisotopic (exact) mass is 513 g/mol. The van der Waals surface area contributed by atoms with Gasteiger partial charge in [-0.3, -0.25) is 19.5 Å². The van der Waals surface area contributed by atoms with Crippen molar-refractivity contribution >= 4 is 45.5 Å². The molecule has 0 bridgehead atoms. The number of hydrogen-bond acceptors (Lipinski definition) is 7. The number of carboxylic acids is 1. The van der Waals surface area contributed by atoms with Crippen molar-refractivity contribution in [1.29, 1.82) is 0 Å². The molecule has 10 nitrogen and oxygen atoms in total. The minimum atomic E-state index is -1.63. The second kappa shape index (κ2) is 8.49. The van der Waals surface area contributed by atoms with Crippen molar-refractivity contribution in [1.82, 2.24) is 19.5 Å². The molecule has 2 N–H and O–H groups in total. The maximum absolute atomic E-state index is 15.0. The van der Waals surface area contributed by atoms with E-state index in [0.717, 1.165) is 29.0 Å². The normalized spacial score (nSPS) is 11.3. The number of aromatic nitrogens is 4. The molecular formula is C22H10F3N5O5S. The Hall–Kier alpha value is -4.72. The van der Waals surface area contributed by atoms with E-state index in [4.69, 9.17) is 0 Å². The summed E-state index contributed by atoms with van der Waals surface area (Å²) < 4.78 is 43.9. The number of imidazole rings is 1. The molecule has 0 radical (unpaired) electrons. The number of H-pyrrole nitrogens is 1. The lowest BCUT2D eigenvalue weighted by molar-refractivity contribution is -0.384. The molecule has 0 amide bonds. The van der Waals surface area contributed by atoms with Crippen molar-refractivity contribution in [2.45, 2.75) is 10.2 Å². The van der Waals surface area contributed by atoms with Crippen LogP contribution < -0.4 is 5.43 Å². The lowest BCUT2D eigenvalue weighted by atomic mass is 10.1. The number of aromatic carboxylic acids is 1. The Kier molecular flexibility index (Phi) is 5.44. The summed E-state index contributed by atoms with van der Waals surface area (Å²) in [5, 5.41) is 19.8. The van der Waals surface area contributed by atoms with Crippen LogP contribution in [0, 0.1) is 27.6 Å². The Bertz CT molecular complexity index is 1800. The number of pyridine rings is 2. The number of halogens is 3. The SMILES string of the molecule is O=C(O)c1cn(-c2ccc(F)cc2F)c2nc(Sc3nc4ccc([N+](=O)[O-])cc4[nH]3)c(F)cc2c1=O. The summed E-state index contributed by atoms with van der Waals surface area (Å²) in [4.78, 5) is 45.8. The van der Waals surface area contributed by atoms with E-state index in [0.29, 0.717) is 28.9 Å². The summed E-state index contributed by atoms with van der Waals surface area (Å²) in [6, 6.07) is 7.18. The number of fused-ring (bicyclic) bond motifs is 2. The smallest absolute Gasteiger partial charge is 0.341 e. The maximum Gasteiger partial charge on any atom is 0.341 e. The highest BCUT2D eigenvalue weighted by atomic mass is 32.2. The largest absolute Gasteiger partial charge is 0.477 e. The Labute approximate surface area is 201 Å². The molecule has 0 fully saturated rings. The number of aromatic amines is 1. The summed E-state index contributed by atoms with van der Waals surface area (Å²) in [5.74, 6) is -4.59. The minimum absolute atomic E-state index is 0.111. The predicted molar refractivity (Wildman–Crippen MR) is 121 cm³/mol. The summed E-state index contributed by atoms with van der Waals surface area (Å²) in [7, 11) is 0. The number of carbonyl (C=O) groups is 1. The van der Waals surface area contributed by atoms with Gasteiger partial charge >= 0.3 is 5.97 Å². The van der Waals surface area contributed by atoms with E-state index in [-0.39, 0.29) is 27.2 Å². The molecule has 3 heterocycles. The van der Waals surface area contributed by atoms with Crippen LogP contribution in [0.2, 0.25) is 0 Å². The van der Waals surface area contributed by atoms with E-state index in [9.17, 15) is 38.0 Å². The van der Waals surface area contributed by atoms with Crippen LogP contribution in [-0.4, -0.2) is 35.5 Å². The number of benzene rings is 2. The molecule has 3 aromatic heterocycles. The molecular weight excluding hydrogens is 503 g/mol. The lowest BCUT2D eigenvalue weighted by Crippen LogP contribution is -2.20. The van der Waals surface area contributed by atoms with Crippen LogP contribution in [0.1, 0.15) is 10.4 Å². The van der Waals surface area contributed by atoms with E-state index in [2.05, 4.69) is 15.0 Å². The minimum Gasteiger partial charge on any atom is -0.477 e. The molecule has 2 aromatic carbocycles. The van der Waals surface area contributed by atoms with Crippen molar-refractivity contribution in [3.63, 3.8) is 0 Å². The van der Waals surface area contributed by atoms with Crippen LogP contribution in [0.15, 0.2) is 63.6 Å². The van der Waals surface area contributed by atoms with Gasteiger partial charge in [-0.25, -0.2) is 27.9 Å². The average molecular weight is 513 g/mol. The predicted octanol–water partition coefficient (Wildman–Crippen LogP) is 4.44. The van der Waals surface area contributed by atoms with Crippen molar-refractivity contribution in [2.75, 3.05) is 0 Å². The van der Waals surface area contributed by atoms with Gasteiger partial charge in [-0.2, -0.15) is 0 Å². The molecule has 180 valence electrons. The van der Waals surface area contributed by atoms with Gasteiger partial charge in [0.2, 0.25) is 5.43 Å². The zero-order valence-corrected chi connectivity index (χ0v) is 18.3. The van der Waals surface area contributed by atoms with Crippen LogP contribution in [0.4, 0.5) is 18.9 Å². The third-order valence-corrected chi connectivity index (χ3v) is 6.01. The fourth-order valence-corrected chi connectivity index (χ4v) is 4.30. The third-order valence-electron chi connectivity index (χ3n) is 5.15. The molecule has 0 aliphatic carbocycles. The van der Waals surface area contributed by atoms with E-state index < -0.39 is 44.7 Å². The van der Waals surface area contributed by atoms with E-state index >= 15 is 0 Å². The number of rotatable bonds is 5. The molecule has 0 aliphatic rings. The first-order valence-electron chi connectivity index (χ1n) is 9.89. The summed E-state index contributed by atoms with van der Waals surface area (Å²) in [5.41, 5.74) is -1.94. The van der Waals surface area contributed by atoms with Crippen molar-refractivity contribution in [2.24, 2.45) is 0 Å². The average Bonchev–Trinajstić information content (AvgIpc) is 3.22. The highest BCUT2D eigenvalue weighted by Crippen LogP contribution is 2.31. The Balaban J connectivity index is 1.69. The number of nitro groups is 1. The zero-order valence-electron chi connectivity index (χ0n) is 17.5. The van der Waals surface area contributed by atoms with Crippen molar-refractivity contribution in [3.8, 4) is 5.69 Å².